The van der Waals surface area contributed by atoms with E-state index >= 15 is 0 Å². The van der Waals surface area contributed by atoms with E-state index < -0.39 is 35.5 Å². The zero-order valence-corrected chi connectivity index (χ0v) is 38.2. The largest absolute Gasteiger partial charge is 0.464 e. The van der Waals surface area contributed by atoms with Crippen LogP contribution in [0.3, 0.4) is 0 Å². The van der Waals surface area contributed by atoms with Gasteiger partial charge in [0.25, 0.3) is 5.91 Å². The minimum absolute atomic E-state index is 0.0627. The quantitative estimate of drug-likeness (QED) is 0.142. The number of pyridine rings is 2. The lowest BCUT2D eigenvalue weighted by Crippen LogP contribution is -2.61. The van der Waals surface area contributed by atoms with Crippen molar-refractivity contribution in [3.8, 4) is 22.5 Å². The van der Waals surface area contributed by atoms with E-state index in [2.05, 4.69) is 63.3 Å². The zero-order chi connectivity index (χ0) is 45.1. The van der Waals surface area contributed by atoms with Crippen molar-refractivity contribution in [3.05, 3.63) is 90.0 Å². The summed E-state index contributed by atoms with van der Waals surface area (Å²) in [5.41, 5.74) is 9.95. The van der Waals surface area contributed by atoms with Crippen molar-refractivity contribution in [1.82, 2.24) is 40.2 Å². The van der Waals surface area contributed by atoms with E-state index in [4.69, 9.17) is 28.6 Å². The first-order valence-corrected chi connectivity index (χ1v) is 23.3. The lowest BCUT2D eigenvalue weighted by atomic mass is 9.84. The van der Waals surface area contributed by atoms with Crippen LogP contribution in [0.2, 0.25) is 0 Å². The Morgan fingerprint density at radius 3 is 2.58 bits per heavy atom. The molecule has 3 aliphatic heterocycles. The fourth-order valence-corrected chi connectivity index (χ4v) is 10.2. The van der Waals surface area contributed by atoms with Gasteiger partial charge in [-0.05, 0) is 92.3 Å². The maximum atomic E-state index is 14.9. The number of nitrogens with zero attached hydrogens (tertiary/aromatic N) is 6. The molecule has 1 aromatic carbocycles. The van der Waals surface area contributed by atoms with Crippen LogP contribution in [0.4, 0.5) is 0 Å². The summed E-state index contributed by atoms with van der Waals surface area (Å²) in [4.78, 5) is 59.8. The number of esters is 1. The molecule has 5 aromatic rings. The third-order valence-corrected chi connectivity index (χ3v) is 14.5. The van der Waals surface area contributed by atoms with Crippen molar-refractivity contribution >= 4 is 28.7 Å². The van der Waals surface area contributed by atoms with E-state index in [0.29, 0.717) is 37.5 Å². The van der Waals surface area contributed by atoms with Crippen molar-refractivity contribution < 1.29 is 33.0 Å². The molecular formula is C50H60N8O7. The van der Waals surface area contributed by atoms with Gasteiger partial charge < -0.3 is 28.5 Å². The molecule has 10 rings (SSSR count). The number of amides is 2. The lowest BCUT2D eigenvalue weighted by Gasteiger charge is -2.42. The summed E-state index contributed by atoms with van der Waals surface area (Å²) < 4.78 is 27.6. The normalized spacial score (nSPS) is 26.6. The second kappa shape index (κ2) is 17.4. The fraction of sp³-hybridized carbons (Fsp3) is 0.520. The van der Waals surface area contributed by atoms with Crippen molar-refractivity contribution in [2.75, 3.05) is 33.4 Å². The Bertz CT molecular complexity index is 2570. The molecule has 4 fully saturated rings. The number of carbonyl (C=O) groups excluding carboxylic acids is 3. The highest BCUT2D eigenvalue weighted by atomic mass is 16.5. The Kier molecular flexibility index (Phi) is 11.6. The van der Waals surface area contributed by atoms with E-state index in [1.165, 1.54) is 17.9 Å². The summed E-state index contributed by atoms with van der Waals surface area (Å²) in [6.07, 6.45) is 9.47. The standard InChI is InChI=1S/C50H60N8O7/c1-28-29(2)41(28)46(59)54-43-45(63-25-31-10-7-17-51-22-31)47-53-39(26-64-47)32-13-16-40-36(20-32)37(21-50(4,5)27-65-49(61)38-12-9-19-57(55-38)48(43)60)44(35-11-8-18-52-42(35)30(3)62-6)58(40)34-23-56(24-34)33-14-15-33/h7-8,10-11,13,16-18,20,22,26,28-30,33-34,38,41,43,45,55H,9,12,14-15,19,21,23-25,27H2,1-6H3,(H,54,59)/t28-,29+,30-,38-,41?,43-,45-/m0/s1. The summed E-state index contributed by atoms with van der Waals surface area (Å²) in [7, 11) is 1.71. The van der Waals surface area contributed by atoms with Crippen molar-refractivity contribution in [3.63, 3.8) is 0 Å². The first kappa shape index (κ1) is 43.4. The molecular weight excluding hydrogens is 825 g/mol. The maximum Gasteiger partial charge on any atom is 0.324 e. The van der Waals surface area contributed by atoms with E-state index in [1.54, 1.807) is 25.8 Å². The molecule has 2 saturated carbocycles. The number of hydrogen-bond acceptors (Lipinski definition) is 12. The van der Waals surface area contributed by atoms with Crippen molar-refractivity contribution in [2.45, 2.75) is 110 Å². The lowest BCUT2D eigenvalue weighted by molar-refractivity contribution is -0.157. The molecule has 0 spiro atoms. The summed E-state index contributed by atoms with van der Waals surface area (Å²) in [6, 6.07) is 13.1. The Balaban J connectivity index is 1.13. The molecule has 5 aliphatic rings. The summed E-state index contributed by atoms with van der Waals surface area (Å²) in [5, 5.41) is 5.54. The summed E-state index contributed by atoms with van der Waals surface area (Å²) >= 11 is 0. The summed E-state index contributed by atoms with van der Waals surface area (Å²) in [6.45, 7) is 12.8. The highest BCUT2D eigenvalue weighted by Crippen LogP contribution is 2.47. The average molecular weight is 885 g/mol. The molecule has 15 nitrogen and oxygen atoms in total. The first-order valence-electron chi connectivity index (χ1n) is 23.3. The van der Waals surface area contributed by atoms with Crippen LogP contribution in [0, 0.1) is 23.2 Å². The van der Waals surface area contributed by atoms with Gasteiger partial charge in [0.15, 0.2) is 6.10 Å². The van der Waals surface area contributed by atoms with Crippen LogP contribution in [0.1, 0.15) is 101 Å². The van der Waals surface area contributed by atoms with Gasteiger partial charge in [-0.2, -0.15) is 0 Å². The number of methoxy groups -OCH3 is 1. The smallest absolute Gasteiger partial charge is 0.324 e. The van der Waals surface area contributed by atoms with E-state index in [1.807, 2.05) is 45.2 Å². The fourth-order valence-electron chi connectivity index (χ4n) is 10.2. The number of ether oxygens (including phenoxy) is 3. The molecule has 65 heavy (non-hydrogen) atoms. The predicted molar refractivity (Wildman–Crippen MR) is 242 cm³/mol. The number of carbonyl (C=O) groups is 3. The molecule has 7 atom stereocenters. The van der Waals surface area contributed by atoms with E-state index in [0.717, 1.165) is 57.6 Å². The molecule has 2 amide bonds. The van der Waals surface area contributed by atoms with Gasteiger partial charge >= 0.3 is 5.97 Å². The van der Waals surface area contributed by atoms with Crippen LogP contribution in [0.25, 0.3) is 33.4 Å². The second-order valence-corrected chi connectivity index (χ2v) is 19.7. The molecule has 1 unspecified atom stereocenters. The van der Waals surface area contributed by atoms with Gasteiger partial charge in [0.05, 0.1) is 36.7 Å². The molecule has 4 aromatic heterocycles. The number of aromatic nitrogens is 4. The number of rotatable bonds is 10. The van der Waals surface area contributed by atoms with Crippen molar-refractivity contribution in [1.29, 1.82) is 0 Å². The Morgan fingerprint density at radius 1 is 1.05 bits per heavy atom. The van der Waals surface area contributed by atoms with Crippen LogP contribution in [0.5, 0.6) is 0 Å². The number of nitrogens with one attached hydrogen (secondary N) is 2. The van der Waals surface area contributed by atoms with Crippen LogP contribution in [-0.2, 0) is 41.6 Å². The number of oxazole rings is 1. The Labute approximate surface area is 379 Å². The number of hydrazine groups is 1. The SMILES string of the molecule is CO[C@@H](C)c1ncccc1-c1c2c3cc(ccc3n1C1CN(C3CC3)C1)-c1coc(n1)[C@@H](OCc1cccnc1)[C@H](NC(=O)C1[C@@H](C)[C@H]1C)C(=O)N1CCC[C@H](N1)C(=O)OCC(C)(C)C2. The van der Waals surface area contributed by atoms with Gasteiger partial charge in [-0.25, -0.2) is 10.4 Å². The highest BCUT2D eigenvalue weighted by Gasteiger charge is 2.51. The van der Waals surface area contributed by atoms with Crippen molar-refractivity contribution in [2.24, 2.45) is 23.2 Å². The predicted octanol–water partition coefficient (Wildman–Crippen LogP) is 6.75. The third-order valence-electron chi connectivity index (χ3n) is 14.5. The Hall–Kier alpha value is -5.48. The maximum absolute atomic E-state index is 14.9. The summed E-state index contributed by atoms with van der Waals surface area (Å²) in [5.74, 6) is -0.959. The Morgan fingerprint density at radius 2 is 1.85 bits per heavy atom. The van der Waals surface area contributed by atoms with Gasteiger partial charge in [0.2, 0.25) is 11.8 Å². The van der Waals surface area contributed by atoms with E-state index in [9.17, 15) is 14.4 Å². The molecule has 2 aliphatic carbocycles. The molecule has 342 valence electrons. The number of benzene rings is 1. The number of cyclic esters (lactones) is 1. The third kappa shape index (κ3) is 8.47. The zero-order valence-electron chi connectivity index (χ0n) is 38.2. The molecule has 15 heteroatoms. The molecule has 2 saturated heterocycles. The molecule has 6 bridgehead atoms. The second-order valence-electron chi connectivity index (χ2n) is 19.7. The van der Waals surface area contributed by atoms with E-state index in [-0.39, 0.29) is 54.9 Å². The highest BCUT2D eigenvalue weighted by molar-refractivity contribution is 5.95. The van der Waals surface area contributed by atoms with Crippen LogP contribution in [0.15, 0.2) is 71.7 Å². The number of hydrogen-bond donors (Lipinski definition) is 2. The minimum atomic E-state index is -1.25. The van der Waals surface area contributed by atoms with Gasteiger partial charge in [0, 0.05) is 84.7 Å². The monoisotopic (exact) mass is 884 g/mol. The molecule has 2 N–H and O–H groups in total. The van der Waals surface area contributed by atoms with Crippen LogP contribution >= 0.6 is 0 Å². The van der Waals surface area contributed by atoms with Crippen LogP contribution in [-0.4, -0.2) is 98.7 Å². The number of likely N-dealkylation sites (tertiary alicyclic amines) is 1. The molecule has 0 radical (unpaired) electrons. The minimum Gasteiger partial charge on any atom is -0.464 e. The topological polar surface area (TPSA) is 166 Å². The average Bonchev–Trinajstić information content (AvgIpc) is 4.15. The van der Waals surface area contributed by atoms with Gasteiger partial charge in [-0.3, -0.25) is 34.3 Å². The van der Waals surface area contributed by atoms with Crippen LogP contribution < -0.4 is 10.7 Å². The van der Waals surface area contributed by atoms with Gasteiger partial charge in [0.1, 0.15) is 24.0 Å². The first-order chi connectivity index (χ1) is 31.4. The van der Waals surface area contributed by atoms with Gasteiger partial charge in [-0.1, -0.05) is 39.8 Å². The van der Waals surface area contributed by atoms with Gasteiger partial charge in [-0.15, -0.1) is 0 Å². The molecule has 7 heterocycles. The number of fused-ring (bicyclic) bond motifs is 6.